The van der Waals surface area contributed by atoms with Crippen LogP contribution in [0, 0.1) is 6.54 Å². The van der Waals surface area contributed by atoms with Gasteiger partial charge in [0.05, 0.1) is 21.2 Å². The molecule has 0 amide bonds. The Bertz CT molecular complexity index is 281. The van der Waals surface area contributed by atoms with Gasteiger partial charge in [0.1, 0.15) is 18.0 Å². The highest BCUT2D eigenvalue weighted by atomic mass is 16.5. The van der Waals surface area contributed by atoms with Crippen LogP contribution >= 0.6 is 0 Å². The molecule has 2 nitrogen and oxygen atoms in total. The van der Waals surface area contributed by atoms with Gasteiger partial charge in [0.25, 0.3) is 0 Å². The maximum atomic E-state index is 5.17. The molecule has 0 atom stereocenters. The van der Waals surface area contributed by atoms with Gasteiger partial charge >= 0.3 is 0 Å². The Labute approximate surface area is 80.3 Å². The molecule has 1 aromatic carbocycles. The zero-order valence-corrected chi connectivity index (χ0v) is 8.74. The monoisotopic (exact) mass is 179 g/mol. The van der Waals surface area contributed by atoms with E-state index in [2.05, 4.69) is 39.7 Å². The molecule has 0 aliphatic heterocycles. The summed E-state index contributed by atoms with van der Waals surface area (Å²) in [5.41, 5.74) is 1.22. The Kier molecular flexibility index (Phi) is 2.94. The van der Waals surface area contributed by atoms with Crippen molar-refractivity contribution in [3.8, 4) is 5.75 Å². The van der Waals surface area contributed by atoms with Crippen LogP contribution in [0.5, 0.6) is 5.75 Å². The Hall–Kier alpha value is -1.02. The molecule has 2 heteroatoms. The van der Waals surface area contributed by atoms with E-state index in [0.29, 0.717) is 0 Å². The van der Waals surface area contributed by atoms with Crippen molar-refractivity contribution >= 4 is 5.69 Å². The second kappa shape index (κ2) is 3.79. The van der Waals surface area contributed by atoms with Crippen LogP contribution in [0.1, 0.15) is 6.92 Å². The quantitative estimate of drug-likeness (QED) is 0.648. The van der Waals surface area contributed by atoms with Crippen molar-refractivity contribution in [1.29, 1.82) is 0 Å². The SMILES string of the molecule is C[CH][N+](C)(C)c1cccc(OC)c1. The topological polar surface area (TPSA) is 9.23 Å². The highest BCUT2D eigenvalue weighted by Crippen LogP contribution is 2.24. The summed E-state index contributed by atoms with van der Waals surface area (Å²) in [5, 5.41) is 0. The third-order valence-electron chi connectivity index (χ3n) is 2.36. The highest BCUT2D eigenvalue weighted by molar-refractivity contribution is 5.47. The minimum absolute atomic E-state index is 0.761. The van der Waals surface area contributed by atoms with Crippen LogP contribution in [0.25, 0.3) is 0 Å². The van der Waals surface area contributed by atoms with Gasteiger partial charge in [-0.2, -0.15) is 0 Å². The predicted molar refractivity (Wildman–Crippen MR) is 56.6 cm³/mol. The van der Waals surface area contributed by atoms with E-state index >= 15 is 0 Å². The number of nitrogens with zero attached hydrogens (tertiary/aromatic N) is 1. The number of ether oxygens (including phenoxy) is 1. The molecule has 1 rings (SSSR count). The standard InChI is InChI=1S/C11H17NO/c1-5-12(2,3)10-7-6-8-11(9-10)13-4/h5-9H,1-4H3/q+1. The van der Waals surface area contributed by atoms with Crippen LogP contribution in [0.2, 0.25) is 0 Å². The largest absolute Gasteiger partial charge is 0.497 e. The molecule has 71 valence electrons. The highest BCUT2D eigenvalue weighted by Gasteiger charge is 2.17. The summed E-state index contributed by atoms with van der Waals surface area (Å²) in [6.45, 7) is 4.19. The molecule has 0 spiro atoms. The van der Waals surface area contributed by atoms with Crippen LogP contribution in [-0.4, -0.2) is 21.2 Å². The third-order valence-corrected chi connectivity index (χ3v) is 2.36. The van der Waals surface area contributed by atoms with Gasteiger partial charge < -0.3 is 4.74 Å². The van der Waals surface area contributed by atoms with Gasteiger partial charge in [0, 0.05) is 6.07 Å². The molecular formula is C11H17NO+. The minimum atomic E-state index is 0.761. The van der Waals surface area contributed by atoms with Gasteiger partial charge in [-0.1, -0.05) is 6.07 Å². The van der Waals surface area contributed by atoms with E-state index in [-0.39, 0.29) is 0 Å². The van der Waals surface area contributed by atoms with Crippen LogP contribution in [-0.2, 0) is 0 Å². The van der Waals surface area contributed by atoms with Crippen molar-refractivity contribution in [1.82, 2.24) is 4.48 Å². The molecule has 0 bridgehead atoms. The molecule has 0 saturated heterocycles. The fourth-order valence-electron chi connectivity index (χ4n) is 1.12. The Morgan fingerprint density at radius 2 is 2.00 bits per heavy atom. The van der Waals surface area contributed by atoms with Crippen molar-refractivity contribution in [2.45, 2.75) is 6.92 Å². The molecule has 0 fully saturated rings. The fraction of sp³-hybridized carbons (Fsp3) is 0.364. The lowest BCUT2D eigenvalue weighted by Crippen LogP contribution is -2.35. The summed E-state index contributed by atoms with van der Waals surface area (Å²) < 4.78 is 5.93. The van der Waals surface area contributed by atoms with Crippen molar-refractivity contribution in [2.24, 2.45) is 0 Å². The average molecular weight is 179 g/mol. The molecule has 0 saturated carbocycles. The van der Waals surface area contributed by atoms with Crippen molar-refractivity contribution < 1.29 is 4.74 Å². The summed E-state index contributed by atoms with van der Waals surface area (Å²) in [4.78, 5) is 0. The van der Waals surface area contributed by atoms with E-state index < -0.39 is 0 Å². The van der Waals surface area contributed by atoms with Gasteiger partial charge in [-0.15, -0.1) is 0 Å². The van der Waals surface area contributed by atoms with Gasteiger partial charge in [-0.25, -0.2) is 0 Å². The average Bonchev–Trinajstić information content (AvgIpc) is 2.18. The molecule has 0 N–H and O–H groups in total. The van der Waals surface area contributed by atoms with E-state index in [1.54, 1.807) is 7.11 Å². The van der Waals surface area contributed by atoms with Gasteiger partial charge in [0.15, 0.2) is 0 Å². The Balaban J connectivity index is 3.01. The van der Waals surface area contributed by atoms with E-state index in [4.69, 9.17) is 4.74 Å². The summed E-state index contributed by atoms with van der Waals surface area (Å²) >= 11 is 0. The lowest BCUT2D eigenvalue weighted by molar-refractivity contribution is 0.411. The lowest BCUT2D eigenvalue weighted by atomic mass is 10.2. The van der Waals surface area contributed by atoms with Gasteiger partial charge in [0.2, 0.25) is 0 Å². The first-order valence-electron chi connectivity index (χ1n) is 4.39. The number of rotatable bonds is 3. The third kappa shape index (κ3) is 2.22. The lowest BCUT2D eigenvalue weighted by Gasteiger charge is -2.26. The van der Waals surface area contributed by atoms with Gasteiger partial charge in [-0.05, 0) is 19.1 Å². The normalized spacial score (nSPS) is 11.4. The van der Waals surface area contributed by atoms with E-state index in [1.807, 2.05) is 12.1 Å². The molecule has 1 aromatic rings. The number of quaternary nitrogens is 1. The molecule has 0 heterocycles. The smallest absolute Gasteiger partial charge is 0.143 e. The van der Waals surface area contributed by atoms with E-state index in [1.165, 1.54) is 5.69 Å². The number of hydrogen-bond acceptors (Lipinski definition) is 1. The van der Waals surface area contributed by atoms with Gasteiger partial charge in [-0.3, -0.25) is 4.48 Å². The minimum Gasteiger partial charge on any atom is -0.497 e. The fourth-order valence-corrected chi connectivity index (χ4v) is 1.12. The Morgan fingerprint density at radius 1 is 1.31 bits per heavy atom. The first-order valence-corrected chi connectivity index (χ1v) is 4.39. The molecule has 0 aliphatic rings. The predicted octanol–water partition coefficient (Wildman–Crippen LogP) is 2.44. The number of methoxy groups -OCH3 is 1. The van der Waals surface area contributed by atoms with Crippen LogP contribution in [0.3, 0.4) is 0 Å². The molecule has 0 unspecified atom stereocenters. The van der Waals surface area contributed by atoms with E-state index in [0.717, 1.165) is 10.2 Å². The summed E-state index contributed by atoms with van der Waals surface area (Å²) in [6.07, 6.45) is 0. The number of benzene rings is 1. The molecular weight excluding hydrogens is 162 g/mol. The van der Waals surface area contributed by atoms with Crippen molar-refractivity contribution in [3.05, 3.63) is 30.8 Å². The van der Waals surface area contributed by atoms with Crippen molar-refractivity contribution in [2.75, 3.05) is 21.2 Å². The first kappa shape index (κ1) is 10.1. The van der Waals surface area contributed by atoms with Crippen LogP contribution in [0.15, 0.2) is 24.3 Å². The zero-order chi connectivity index (χ0) is 9.90. The number of hydrogen-bond donors (Lipinski definition) is 0. The summed E-state index contributed by atoms with van der Waals surface area (Å²) in [6, 6.07) is 8.12. The van der Waals surface area contributed by atoms with Crippen molar-refractivity contribution in [3.63, 3.8) is 0 Å². The summed E-state index contributed by atoms with van der Waals surface area (Å²) in [7, 11) is 5.96. The maximum Gasteiger partial charge on any atom is 0.143 e. The molecule has 0 aromatic heterocycles. The van der Waals surface area contributed by atoms with Crippen LogP contribution in [0.4, 0.5) is 5.69 Å². The molecule has 13 heavy (non-hydrogen) atoms. The van der Waals surface area contributed by atoms with E-state index in [9.17, 15) is 0 Å². The second-order valence-corrected chi connectivity index (χ2v) is 3.50. The van der Waals surface area contributed by atoms with Crippen LogP contribution < -0.4 is 9.22 Å². The summed E-state index contributed by atoms with van der Waals surface area (Å²) in [5.74, 6) is 0.908. The Morgan fingerprint density at radius 3 is 2.54 bits per heavy atom. The second-order valence-electron chi connectivity index (χ2n) is 3.50. The zero-order valence-electron chi connectivity index (χ0n) is 8.74. The maximum absolute atomic E-state index is 5.17. The molecule has 0 aliphatic carbocycles. The first-order chi connectivity index (χ1) is 6.10. The molecule has 1 radical (unpaired) electrons.